The molecule has 2 saturated heterocycles. The van der Waals surface area contributed by atoms with E-state index in [0.717, 1.165) is 18.4 Å². The van der Waals surface area contributed by atoms with Gasteiger partial charge < -0.3 is 19.5 Å². The molecular weight excluding hydrogens is 382 g/mol. The second kappa shape index (κ2) is 8.32. The van der Waals surface area contributed by atoms with Crippen molar-refractivity contribution in [3.8, 4) is 5.75 Å². The van der Waals surface area contributed by atoms with Crippen molar-refractivity contribution in [2.45, 2.75) is 31.9 Å². The number of nitrogens with zero attached hydrogens (tertiary/aromatic N) is 1. The van der Waals surface area contributed by atoms with Crippen LogP contribution in [0.5, 0.6) is 5.75 Å². The number of aliphatic hydroxyl groups excluding tert-OH is 1. The number of rotatable bonds is 5. The van der Waals surface area contributed by atoms with Gasteiger partial charge in [-0.05, 0) is 37.5 Å². The van der Waals surface area contributed by atoms with Crippen LogP contribution in [-0.4, -0.2) is 48.1 Å². The van der Waals surface area contributed by atoms with Gasteiger partial charge in [0, 0.05) is 18.7 Å². The highest BCUT2D eigenvalue weighted by molar-refractivity contribution is 6.46. The molecule has 2 aromatic carbocycles. The number of aryl methyl sites for hydroxylation is 1. The first-order chi connectivity index (χ1) is 14.5. The van der Waals surface area contributed by atoms with Crippen molar-refractivity contribution in [1.82, 2.24) is 4.90 Å². The van der Waals surface area contributed by atoms with Gasteiger partial charge in [-0.1, -0.05) is 42.0 Å². The first-order valence-corrected chi connectivity index (χ1v) is 10.1. The van der Waals surface area contributed by atoms with E-state index in [1.807, 2.05) is 31.2 Å². The Morgan fingerprint density at radius 2 is 1.97 bits per heavy atom. The third kappa shape index (κ3) is 3.71. The molecule has 0 bridgehead atoms. The second-order valence-electron chi connectivity index (χ2n) is 7.73. The molecule has 6 heteroatoms. The summed E-state index contributed by atoms with van der Waals surface area (Å²) in [5, 5.41) is 11.1. The maximum atomic E-state index is 13.0. The summed E-state index contributed by atoms with van der Waals surface area (Å²) in [5.74, 6) is -0.854. The minimum atomic E-state index is -0.703. The summed E-state index contributed by atoms with van der Waals surface area (Å²) in [5.41, 5.74) is 2.34. The molecule has 1 N–H and O–H groups in total. The van der Waals surface area contributed by atoms with Gasteiger partial charge in [-0.15, -0.1) is 0 Å². The Bertz CT molecular complexity index is 989. The van der Waals surface area contributed by atoms with Crippen LogP contribution in [0.4, 0.5) is 0 Å². The van der Waals surface area contributed by atoms with Gasteiger partial charge in [0.1, 0.15) is 11.5 Å². The van der Waals surface area contributed by atoms with Crippen LogP contribution in [0.15, 0.2) is 54.1 Å². The number of aliphatic hydroxyl groups is 1. The molecule has 2 heterocycles. The normalized spacial score (nSPS) is 23.2. The standard InChI is InChI=1S/C24H25NO5/c1-15-8-10-16(11-9-15)22(26)20-21(17-5-3-6-18(13-17)29-2)25(24(28)23(20)27)14-19-7-4-12-30-19/h3,5-6,8-11,13,19,21,26H,4,7,12,14H2,1-2H3/b22-20-. The lowest BCUT2D eigenvalue weighted by Gasteiger charge is -2.27. The van der Waals surface area contributed by atoms with Gasteiger partial charge >= 0.3 is 0 Å². The Morgan fingerprint density at radius 3 is 2.63 bits per heavy atom. The Morgan fingerprint density at radius 1 is 1.20 bits per heavy atom. The summed E-state index contributed by atoms with van der Waals surface area (Å²) in [6.07, 6.45) is 1.66. The Kier molecular flexibility index (Phi) is 5.59. The van der Waals surface area contributed by atoms with Gasteiger partial charge in [0.05, 0.1) is 24.8 Å². The van der Waals surface area contributed by atoms with Crippen molar-refractivity contribution in [1.29, 1.82) is 0 Å². The van der Waals surface area contributed by atoms with Crippen molar-refractivity contribution in [3.05, 3.63) is 70.8 Å². The molecule has 4 rings (SSSR count). The fourth-order valence-electron chi connectivity index (χ4n) is 4.10. The highest BCUT2D eigenvalue weighted by Gasteiger charge is 2.47. The molecular formula is C24H25NO5. The van der Waals surface area contributed by atoms with Crippen molar-refractivity contribution >= 4 is 17.4 Å². The largest absolute Gasteiger partial charge is 0.507 e. The quantitative estimate of drug-likeness (QED) is 0.466. The fourth-order valence-corrected chi connectivity index (χ4v) is 4.10. The lowest BCUT2D eigenvalue weighted by Crippen LogP contribution is -2.36. The summed E-state index contributed by atoms with van der Waals surface area (Å²) < 4.78 is 11.1. The first kappa shape index (κ1) is 20.2. The molecule has 0 spiro atoms. The van der Waals surface area contributed by atoms with E-state index in [-0.39, 0.29) is 17.4 Å². The van der Waals surface area contributed by atoms with Crippen LogP contribution in [0, 0.1) is 6.92 Å². The summed E-state index contributed by atoms with van der Waals surface area (Å²) in [6.45, 7) is 2.90. The first-order valence-electron chi connectivity index (χ1n) is 10.1. The van der Waals surface area contributed by atoms with Gasteiger partial charge in [-0.3, -0.25) is 9.59 Å². The minimum absolute atomic E-state index is 0.0927. The van der Waals surface area contributed by atoms with E-state index in [9.17, 15) is 14.7 Å². The molecule has 30 heavy (non-hydrogen) atoms. The van der Waals surface area contributed by atoms with Crippen molar-refractivity contribution in [3.63, 3.8) is 0 Å². The minimum Gasteiger partial charge on any atom is -0.507 e. The molecule has 0 aliphatic carbocycles. The Balaban J connectivity index is 1.83. The number of carbonyl (C=O) groups is 2. The predicted molar refractivity (Wildman–Crippen MR) is 112 cm³/mol. The third-order valence-electron chi connectivity index (χ3n) is 5.70. The van der Waals surface area contributed by atoms with Crippen LogP contribution in [0.1, 0.15) is 35.6 Å². The number of ether oxygens (including phenoxy) is 2. The molecule has 2 atom stereocenters. The Hall–Kier alpha value is -3.12. The van der Waals surface area contributed by atoms with Crippen molar-refractivity contribution < 1.29 is 24.2 Å². The molecule has 156 valence electrons. The van der Waals surface area contributed by atoms with Crippen LogP contribution in [0.25, 0.3) is 5.76 Å². The van der Waals surface area contributed by atoms with Gasteiger partial charge in [-0.25, -0.2) is 0 Å². The molecule has 2 aliphatic heterocycles. The van der Waals surface area contributed by atoms with Crippen LogP contribution in [0.3, 0.4) is 0 Å². The van der Waals surface area contributed by atoms with Gasteiger partial charge in [0.15, 0.2) is 0 Å². The average Bonchev–Trinajstić information content (AvgIpc) is 3.36. The summed E-state index contributed by atoms with van der Waals surface area (Å²) >= 11 is 0. The van der Waals surface area contributed by atoms with Crippen molar-refractivity contribution in [2.75, 3.05) is 20.3 Å². The van der Waals surface area contributed by atoms with E-state index in [4.69, 9.17) is 9.47 Å². The number of methoxy groups -OCH3 is 1. The molecule has 2 fully saturated rings. The van der Waals surface area contributed by atoms with E-state index in [1.165, 1.54) is 4.90 Å². The van der Waals surface area contributed by atoms with Gasteiger partial charge in [-0.2, -0.15) is 0 Å². The molecule has 0 saturated carbocycles. The summed E-state index contributed by atoms with van der Waals surface area (Å²) in [4.78, 5) is 27.5. The number of ketones is 1. The number of benzene rings is 2. The molecule has 2 aliphatic rings. The average molecular weight is 407 g/mol. The zero-order chi connectivity index (χ0) is 21.3. The zero-order valence-corrected chi connectivity index (χ0v) is 17.1. The molecule has 0 aromatic heterocycles. The SMILES string of the molecule is COc1cccc(C2/C(=C(/O)c3ccc(C)cc3)C(=O)C(=O)N2CC2CCCO2)c1. The number of carbonyl (C=O) groups excluding carboxylic acids is 2. The Labute approximate surface area is 175 Å². The third-order valence-corrected chi connectivity index (χ3v) is 5.70. The molecule has 1 amide bonds. The van der Waals surface area contributed by atoms with Crippen molar-refractivity contribution in [2.24, 2.45) is 0 Å². The number of Topliss-reactive ketones (excluding diaryl/α,β-unsaturated/α-hetero) is 1. The summed E-state index contributed by atoms with van der Waals surface area (Å²) in [7, 11) is 1.56. The van der Waals surface area contributed by atoms with Gasteiger partial charge in [0.2, 0.25) is 0 Å². The van der Waals surface area contributed by atoms with Gasteiger partial charge in [0.25, 0.3) is 11.7 Å². The topological polar surface area (TPSA) is 76.1 Å². The highest BCUT2D eigenvalue weighted by Crippen LogP contribution is 2.40. The van der Waals surface area contributed by atoms with E-state index in [1.54, 1.807) is 31.4 Å². The smallest absolute Gasteiger partial charge is 0.295 e. The maximum absolute atomic E-state index is 13.0. The maximum Gasteiger partial charge on any atom is 0.295 e. The van der Waals surface area contributed by atoms with E-state index in [0.29, 0.717) is 30.0 Å². The molecule has 2 unspecified atom stereocenters. The summed E-state index contributed by atoms with van der Waals surface area (Å²) in [6, 6.07) is 13.8. The number of amides is 1. The van der Waals surface area contributed by atoms with Crippen LogP contribution < -0.4 is 4.74 Å². The van der Waals surface area contributed by atoms with Crippen LogP contribution in [0.2, 0.25) is 0 Å². The molecule has 6 nitrogen and oxygen atoms in total. The highest BCUT2D eigenvalue weighted by atomic mass is 16.5. The van der Waals surface area contributed by atoms with Crippen LogP contribution in [-0.2, 0) is 14.3 Å². The number of hydrogen-bond donors (Lipinski definition) is 1. The number of hydrogen-bond acceptors (Lipinski definition) is 5. The molecule has 2 aromatic rings. The number of likely N-dealkylation sites (tertiary alicyclic amines) is 1. The zero-order valence-electron chi connectivity index (χ0n) is 17.1. The monoisotopic (exact) mass is 407 g/mol. The second-order valence-corrected chi connectivity index (χ2v) is 7.73. The van der Waals surface area contributed by atoms with E-state index in [2.05, 4.69) is 0 Å². The van der Waals surface area contributed by atoms with E-state index >= 15 is 0 Å². The molecule has 0 radical (unpaired) electrons. The predicted octanol–water partition coefficient (Wildman–Crippen LogP) is 3.60. The van der Waals surface area contributed by atoms with E-state index < -0.39 is 17.7 Å². The van der Waals surface area contributed by atoms with Crippen LogP contribution >= 0.6 is 0 Å². The lowest BCUT2D eigenvalue weighted by molar-refractivity contribution is -0.140. The fraction of sp³-hybridized carbons (Fsp3) is 0.333. The lowest BCUT2D eigenvalue weighted by atomic mass is 9.94.